The third-order valence-corrected chi connectivity index (χ3v) is 4.78. The maximum atomic E-state index is 3.86. The molecule has 2 rings (SSSR count). The summed E-state index contributed by atoms with van der Waals surface area (Å²) < 4.78 is 0. The van der Waals surface area contributed by atoms with Crippen LogP contribution in [0.2, 0.25) is 0 Å². The highest BCUT2D eigenvalue weighted by molar-refractivity contribution is 5.04. The number of nitrogens with one attached hydrogen (secondary N) is 1. The van der Waals surface area contributed by atoms with E-state index in [4.69, 9.17) is 0 Å². The summed E-state index contributed by atoms with van der Waals surface area (Å²) in [6.07, 6.45) is 6.96. The summed E-state index contributed by atoms with van der Waals surface area (Å²) in [5.41, 5.74) is 0.801. The Labute approximate surface area is 107 Å². The molecule has 100 valence electrons. The molecular formula is C15H30N2. The van der Waals surface area contributed by atoms with E-state index in [1.165, 1.54) is 45.2 Å². The molecule has 0 aromatic heterocycles. The molecule has 0 aromatic rings. The lowest BCUT2D eigenvalue weighted by Gasteiger charge is -2.51. The Morgan fingerprint density at radius 1 is 1.18 bits per heavy atom. The number of nitrogens with zero attached hydrogens (tertiary/aromatic N) is 1. The van der Waals surface area contributed by atoms with Crippen molar-refractivity contribution in [1.29, 1.82) is 0 Å². The van der Waals surface area contributed by atoms with Crippen molar-refractivity contribution in [1.82, 2.24) is 10.2 Å². The Kier molecular flexibility index (Phi) is 3.84. The summed E-state index contributed by atoms with van der Waals surface area (Å²) in [4.78, 5) is 2.74. The summed E-state index contributed by atoms with van der Waals surface area (Å²) in [6.45, 7) is 13.2. The first-order valence-electron chi connectivity index (χ1n) is 7.44. The Bertz CT molecular complexity index is 252. The third kappa shape index (κ3) is 3.03. The van der Waals surface area contributed by atoms with Gasteiger partial charge in [0.25, 0.3) is 0 Å². The van der Waals surface area contributed by atoms with Gasteiger partial charge in [-0.1, -0.05) is 26.7 Å². The highest BCUT2D eigenvalue weighted by Crippen LogP contribution is 2.35. The molecule has 1 saturated carbocycles. The second-order valence-corrected chi connectivity index (χ2v) is 7.26. The monoisotopic (exact) mass is 238 g/mol. The van der Waals surface area contributed by atoms with E-state index in [0.717, 1.165) is 12.5 Å². The highest BCUT2D eigenvalue weighted by atomic mass is 15.3. The van der Waals surface area contributed by atoms with Gasteiger partial charge < -0.3 is 5.32 Å². The molecule has 1 N–H and O–H groups in total. The lowest BCUT2D eigenvalue weighted by Crippen LogP contribution is -2.67. The molecule has 2 nitrogen and oxygen atoms in total. The van der Waals surface area contributed by atoms with Gasteiger partial charge in [0.1, 0.15) is 0 Å². The van der Waals surface area contributed by atoms with E-state index in [0.29, 0.717) is 11.1 Å². The lowest BCUT2D eigenvalue weighted by molar-refractivity contribution is 0.0251. The minimum absolute atomic E-state index is 0.336. The first-order chi connectivity index (χ1) is 7.94. The van der Waals surface area contributed by atoms with Crippen LogP contribution in [0.5, 0.6) is 0 Å². The molecule has 2 heteroatoms. The highest BCUT2D eigenvalue weighted by Gasteiger charge is 2.43. The zero-order chi connectivity index (χ0) is 12.5. The van der Waals surface area contributed by atoms with E-state index in [1.54, 1.807) is 0 Å². The molecule has 0 amide bonds. The van der Waals surface area contributed by atoms with Gasteiger partial charge in [-0.05, 0) is 45.6 Å². The molecule has 0 radical (unpaired) electrons. The summed E-state index contributed by atoms with van der Waals surface area (Å²) in [6, 6.07) is 0. The van der Waals surface area contributed by atoms with Gasteiger partial charge in [0.2, 0.25) is 0 Å². The van der Waals surface area contributed by atoms with Gasteiger partial charge in [-0.15, -0.1) is 0 Å². The summed E-state index contributed by atoms with van der Waals surface area (Å²) in [7, 11) is 0. The second-order valence-electron chi connectivity index (χ2n) is 7.26. The predicted octanol–water partition coefficient (Wildman–Crippen LogP) is 3.03. The summed E-state index contributed by atoms with van der Waals surface area (Å²) >= 11 is 0. The van der Waals surface area contributed by atoms with Crippen molar-refractivity contribution >= 4 is 0 Å². The average Bonchev–Trinajstić information content (AvgIpc) is 2.69. The normalized spacial score (nSPS) is 28.1. The first-order valence-corrected chi connectivity index (χ1v) is 7.44. The lowest BCUT2D eigenvalue weighted by atomic mass is 9.87. The van der Waals surface area contributed by atoms with E-state index in [2.05, 4.69) is 37.9 Å². The van der Waals surface area contributed by atoms with Gasteiger partial charge in [0.05, 0.1) is 0 Å². The Morgan fingerprint density at radius 2 is 1.82 bits per heavy atom. The molecule has 1 aliphatic heterocycles. The van der Waals surface area contributed by atoms with Crippen molar-refractivity contribution in [2.24, 2.45) is 5.92 Å². The van der Waals surface area contributed by atoms with E-state index in [-0.39, 0.29) is 0 Å². The van der Waals surface area contributed by atoms with Crippen LogP contribution >= 0.6 is 0 Å². The van der Waals surface area contributed by atoms with Crippen LogP contribution in [0.4, 0.5) is 0 Å². The van der Waals surface area contributed by atoms with Gasteiger partial charge in [-0.3, -0.25) is 4.90 Å². The number of hydrogen-bond acceptors (Lipinski definition) is 2. The molecule has 2 fully saturated rings. The van der Waals surface area contributed by atoms with Gasteiger partial charge in [-0.2, -0.15) is 0 Å². The molecule has 0 aromatic carbocycles. The van der Waals surface area contributed by atoms with E-state index < -0.39 is 0 Å². The van der Waals surface area contributed by atoms with E-state index >= 15 is 0 Å². The van der Waals surface area contributed by atoms with E-state index in [1.807, 2.05) is 0 Å². The largest absolute Gasteiger partial charge is 0.308 e. The second kappa shape index (κ2) is 4.89. The average molecular weight is 238 g/mol. The molecule has 1 spiro atoms. The fraction of sp³-hybridized carbons (Fsp3) is 1.00. The Morgan fingerprint density at radius 3 is 2.41 bits per heavy atom. The fourth-order valence-corrected chi connectivity index (χ4v) is 3.33. The fourth-order valence-electron chi connectivity index (χ4n) is 3.33. The van der Waals surface area contributed by atoms with Gasteiger partial charge >= 0.3 is 0 Å². The van der Waals surface area contributed by atoms with Crippen molar-refractivity contribution in [2.75, 3.05) is 19.6 Å². The van der Waals surface area contributed by atoms with Crippen molar-refractivity contribution in [3.63, 3.8) is 0 Å². The zero-order valence-corrected chi connectivity index (χ0v) is 12.2. The van der Waals surface area contributed by atoms with Crippen LogP contribution in [0.15, 0.2) is 0 Å². The first kappa shape index (κ1) is 13.4. The standard InChI is InChI=1S/C15H30N2/c1-13(2)7-10-17-12-15(8-5-6-9-15)16-11-14(17,3)4/h13,16H,5-12H2,1-4H3. The maximum absolute atomic E-state index is 3.86. The zero-order valence-electron chi connectivity index (χ0n) is 12.2. The predicted molar refractivity (Wildman–Crippen MR) is 74.3 cm³/mol. The minimum Gasteiger partial charge on any atom is -0.308 e. The van der Waals surface area contributed by atoms with E-state index in [9.17, 15) is 0 Å². The Hall–Kier alpha value is -0.0800. The molecule has 17 heavy (non-hydrogen) atoms. The molecule has 1 aliphatic carbocycles. The third-order valence-electron chi connectivity index (χ3n) is 4.78. The van der Waals surface area contributed by atoms with Crippen LogP contribution in [0.3, 0.4) is 0 Å². The number of piperazine rings is 1. The maximum Gasteiger partial charge on any atom is 0.0309 e. The van der Waals surface area contributed by atoms with Gasteiger partial charge in [0, 0.05) is 24.2 Å². The summed E-state index contributed by atoms with van der Waals surface area (Å²) in [5, 5.41) is 3.86. The quantitative estimate of drug-likeness (QED) is 0.813. The molecule has 2 aliphatic rings. The minimum atomic E-state index is 0.336. The number of hydrogen-bond donors (Lipinski definition) is 1. The molecule has 0 bridgehead atoms. The topological polar surface area (TPSA) is 15.3 Å². The SMILES string of the molecule is CC(C)CCN1CC2(CCCC2)NCC1(C)C. The van der Waals surface area contributed by atoms with Gasteiger partial charge in [-0.25, -0.2) is 0 Å². The molecule has 0 atom stereocenters. The molecule has 1 heterocycles. The number of rotatable bonds is 3. The molecular weight excluding hydrogens is 208 g/mol. The summed E-state index contributed by atoms with van der Waals surface area (Å²) in [5.74, 6) is 0.820. The van der Waals surface area contributed by atoms with Gasteiger partial charge in [0.15, 0.2) is 0 Å². The smallest absolute Gasteiger partial charge is 0.0309 e. The Balaban J connectivity index is 1.99. The molecule has 1 saturated heterocycles. The van der Waals surface area contributed by atoms with Crippen LogP contribution in [-0.4, -0.2) is 35.6 Å². The van der Waals surface area contributed by atoms with Crippen molar-refractivity contribution in [3.8, 4) is 0 Å². The van der Waals surface area contributed by atoms with Crippen molar-refractivity contribution in [3.05, 3.63) is 0 Å². The van der Waals surface area contributed by atoms with Crippen LogP contribution in [0.1, 0.15) is 59.8 Å². The molecule has 0 unspecified atom stereocenters. The van der Waals surface area contributed by atoms with Crippen molar-refractivity contribution in [2.45, 2.75) is 70.9 Å². The van der Waals surface area contributed by atoms with Crippen LogP contribution in [0.25, 0.3) is 0 Å². The van der Waals surface area contributed by atoms with Crippen LogP contribution < -0.4 is 5.32 Å². The van der Waals surface area contributed by atoms with Crippen LogP contribution in [-0.2, 0) is 0 Å². The van der Waals surface area contributed by atoms with Crippen molar-refractivity contribution < 1.29 is 0 Å². The van der Waals surface area contributed by atoms with Crippen LogP contribution in [0, 0.1) is 5.92 Å².